The van der Waals surface area contributed by atoms with Crippen molar-refractivity contribution in [3.05, 3.63) is 35.9 Å². The van der Waals surface area contributed by atoms with Gasteiger partial charge in [0.15, 0.2) is 0 Å². The number of carbonyl (C=O) groups is 4. The number of hydrogen-bond donors (Lipinski definition) is 8. The van der Waals surface area contributed by atoms with Gasteiger partial charge in [-0.05, 0) is 12.0 Å². The van der Waals surface area contributed by atoms with Crippen molar-refractivity contribution in [2.75, 3.05) is 19.6 Å². The maximum Gasteiger partial charge on any atom is 0.320 e. The molecule has 154 valence electrons. The van der Waals surface area contributed by atoms with Crippen LogP contribution in [-0.4, -0.2) is 70.0 Å². The lowest BCUT2D eigenvalue weighted by Crippen LogP contribution is -2.32. The Hall–Kier alpha value is -3.06. The first-order chi connectivity index (χ1) is 12.5. The molecule has 12 N–H and O–H groups in total. The molecule has 1 aromatic carbocycles. The van der Waals surface area contributed by atoms with Crippen LogP contribution in [0, 0.1) is 0 Å². The van der Waals surface area contributed by atoms with Gasteiger partial charge in [-0.25, -0.2) is 0 Å². The second kappa shape index (κ2) is 19.3. The number of carboxylic acids is 4. The van der Waals surface area contributed by atoms with Gasteiger partial charge in [-0.2, -0.15) is 0 Å². The number of hydrogen-bond acceptors (Lipinski definition) is 8. The maximum atomic E-state index is 10.4. The van der Waals surface area contributed by atoms with Crippen LogP contribution < -0.4 is 22.9 Å². The largest absolute Gasteiger partial charge is 0.480 e. The van der Waals surface area contributed by atoms with Crippen LogP contribution in [0.3, 0.4) is 0 Å². The molecule has 0 unspecified atom stereocenters. The Morgan fingerprint density at radius 3 is 1.26 bits per heavy atom. The van der Waals surface area contributed by atoms with Gasteiger partial charge in [0.2, 0.25) is 0 Å². The molecule has 0 radical (unpaired) electrons. The van der Waals surface area contributed by atoms with Crippen molar-refractivity contribution in [1.82, 2.24) is 0 Å². The highest BCUT2D eigenvalue weighted by atomic mass is 16.4. The average Bonchev–Trinajstić information content (AvgIpc) is 2.63. The zero-order valence-electron chi connectivity index (χ0n) is 14.5. The Bertz CT molecular complexity index is 521. The predicted octanol–water partition coefficient (Wildman–Crippen LogP) is -2.27. The van der Waals surface area contributed by atoms with Gasteiger partial charge < -0.3 is 43.4 Å². The van der Waals surface area contributed by atoms with E-state index in [1.165, 1.54) is 0 Å². The van der Waals surface area contributed by atoms with Crippen molar-refractivity contribution in [3.63, 3.8) is 0 Å². The molecule has 0 aliphatic rings. The fourth-order valence-electron chi connectivity index (χ4n) is 0.955. The zero-order valence-corrected chi connectivity index (χ0v) is 14.5. The fourth-order valence-corrected chi connectivity index (χ4v) is 0.955. The number of rotatable bonds is 6. The highest BCUT2D eigenvalue weighted by molar-refractivity contribution is 5.73. The number of aliphatic carboxylic acids is 4. The molecule has 12 nitrogen and oxygen atoms in total. The van der Waals surface area contributed by atoms with Gasteiger partial charge >= 0.3 is 23.9 Å². The monoisotopic (exact) mass is 390 g/mol. The van der Waals surface area contributed by atoms with Gasteiger partial charge in [-0.1, -0.05) is 30.3 Å². The number of nitrogens with two attached hydrogens (primary N) is 4. The van der Waals surface area contributed by atoms with E-state index in [9.17, 15) is 19.2 Å². The molecule has 0 aliphatic heterocycles. The Balaban J connectivity index is -0.000000323. The first-order valence-electron chi connectivity index (χ1n) is 7.29. The van der Waals surface area contributed by atoms with E-state index in [1.807, 2.05) is 30.3 Å². The molecule has 1 aromatic rings. The summed E-state index contributed by atoms with van der Waals surface area (Å²) < 4.78 is 0. The standard InChI is InChI=1S/C9H11NO2.3C2H5NO2/c10-8(9(11)12)6-7-4-2-1-3-5-7;3*3-1-2(4)5/h1-5,8H,6,10H2,(H,11,12);3*1,3H2,(H,4,5)/t8-;;;/m0.../s1. The van der Waals surface area contributed by atoms with Crippen LogP contribution in [-0.2, 0) is 25.6 Å². The van der Waals surface area contributed by atoms with E-state index >= 15 is 0 Å². The third kappa shape index (κ3) is 28.0. The molecule has 0 fully saturated rings. The molecule has 0 heterocycles. The lowest BCUT2D eigenvalue weighted by molar-refractivity contribution is -0.139. The van der Waals surface area contributed by atoms with E-state index in [1.54, 1.807) is 0 Å². The van der Waals surface area contributed by atoms with E-state index in [2.05, 4.69) is 17.2 Å². The molecule has 12 heteroatoms. The minimum Gasteiger partial charge on any atom is -0.480 e. The normalized spacial score (nSPS) is 9.63. The van der Waals surface area contributed by atoms with Crippen LogP contribution >= 0.6 is 0 Å². The fraction of sp³-hybridized carbons (Fsp3) is 0.333. The van der Waals surface area contributed by atoms with Crippen LogP contribution in [0.4, 0.5) is 0 Å². The molecule has 1 atom stereocenters. The third-order valence-electron chi connectivity index (χ3n) is 2.14. The van der Waals surface area contributed by atoms with Crippen molar-refractivity contribution in [2.45, 2.75) is 12.5 Å². The maximum absolute atomic E-state index is 10.4. The first kappa shape index (κ1) is 28.7. The van der Waals surface area contributed by atoms with E-state index < -0.39 is 29.9 Å². The molecule has 0 spiro atoms. The second-order valence-electron chi connectivity index (χ2n) is 4.43. The minimum absolute atomic E-state index is 0.278. The van der Waals surface area contributed by atoms with Gasteiger partial charge in [-0.3, -0.25) is 19.2 Å². The number of carboxylic acid groups (broad SMARTS) is 4. The third-order valence-corrected chi connectivity index (χ3v) is 2.14. The topological polar surface area (TPSA) is 253 Å². The van der Waals surface area contributed by atoms with Crippen molar-refractivity contribution < 1.29 is 39.6 Å². The van der Waals surface area contributed by atoms with Gasteiger partial charge in [-0.15, -0.1) is 0 Å². The predicted molar refractivity (Wildman–Crippen MR) is 95.8 cm³/mol. The van der Waals surface area contributed by atoms with E-state index in [0.717, 1.165) is 5.56 Å². The molecule has 27 heavy (non-hydrogen) atoms. The smallest absolute Gasteiger partial charge is 0.320 e. The Morgan fingerprint density at radius 1 is 0.741 bits per heavy atom. The summed E-state index contributed by atoms with van der Waals surface area (Å²) in [7, 11) is 0. The summed E-state index contributed by atoms with van der Waals surface area (Å²) in [5.74, 6) is -3.86. The summed E-state index contributed by atoms with van der Waals surface area (Å²) in [6.07, 6.45) is 0.385. The summed E-state index contributed by atoms with van der Waals surface area (Å²) in [6, 6.07) is 8.54. The molecule has 0 amide bonds. The van der Waals surface area contributed by atoms with Crippen molar-refractivity contribution in [1.29, 1.82) is 0 Å². The molecule has 1 rings (SSSR count). The van der Waals surface area contributed by atoms with E-state index in [4.69, 9.17) is 26.2 Å². The van der Waals surface area contributed by atoms with Crippen molar-refractivity contribution in [2.24, 2.45) is 22.9 Å². The van der Waals surface area contributed by atoms with Crippen LogP contribution in [0.5, 0.6) is 0 Å². The van der Waals surface area contributed by atoms with Gasteiger partial charge in [0.25, 0.3) is 0 Å². The van der Waals surface area contributed by atoms with Crippen LogP contribution in [0.2, 0.25) is 0 Å². The van der Waals surface area contributed by atoms with Crippen LogP contribution in [0.15, 0.2) is 30.3 Å². The summed E-state index contributed by atoms with van der Waals surface area (Å²) in [6.45, 7) is -0.833. The van der Waals surface area contributed by atoms with E-state index in [0.29, 0.717) is 6.42 Å². The summed E-state index contributed by atoms with van der Waals surface area (Å²) in [5, 5.41) is 31.3. The van der Waals surface area contributed by atoms with Crippen molar-refractivity contribution in [3.8, 4) is 0 Å². The first-order valence-corrected chi connectivity index (χ1v) is 7.29. The number of benzene rings is 1. The molecule has 0 aromatic heterocycles. The molecule has 0 aliphatic carbocycles. The second-order valence-corrected chi connectivity index (χ2v) is 4.43. The Labute approximate surface area is 155 Å². The zero-order chi connectivity index (χ0) is 21.8. The Morgan fingerprint density at radius 2 is 1.04 bits per heavy atom. The van der Waals surface area contributed by atoms with Gasteiger partial charge in [0, 0.05) is 0 Å². The molecule has 0 bridgehead atoms. The summed E-state index contributed by atoms with van der Waals surface area (Å²) >= 11 is 0. The highest BCUT2D eigenvalue weighted by Crippen LogP contribution is 2.01. The van der Waals surface area contributed by atoms with E-state index in [-0.39, 0.29) is 19.6 Å². The van der Waals surface area contributed by atoms with Gasteiger partial charge in [0.05, 0.1) is 19.6 Å². The molecule has 0 saturated carbocycles. The quantitative estimate of drug-likeness (QED) is 0.256. The SMILES string of the molecule is NCC(=O)O.NCC(=O)O.NCC(=O)O.N[C@@H](Cc1ccccc1)C(=O)O. The molecule has 0 saturated heterocycles. The Kier molecular flexibility index (Phi) is 20.5. The van der Waals surface area contributed by atoms with Crippen LogP contribution in [0.25, 0.3) is 0 Å². The summed E-state index contributed by atoms with van der Waals surface area (Å²) in [4.78, 5) is 38.1. The van der Waals surface area contributed by atoms with Gasteiger partial charge in [0.1, 0.15) is 6.04 Å². The lowest BCUT2D eigenvalue weighted by atomic mass is 10.1. The molecular weight excluding hydrogens is 364 g/mol. The van der Waals surface area contributed by atoms with Crippen molar-refractivity contribution >= 4 is 23.9 Å². The minimum atomic E-state index is -0.968. The lowest BCUT2D eigenvalue weighted by Gasteiger charge is -2.04. The van der Waals surface area contributed by atoms with Crippen LogP contribution in [0.1, 0.15) is 5.56 Å². The highest BCUT2D eigenvalue weighted by Gasteiger charge is 2.10. The average molecular weight is 390 g/mol. The summed E-state index contributed by atoms with van der Waals surface area (Å²) in [5.41, 5.74) is 20.0. The molecular formula is C15H26N4O8.